The number of hydrogen-bond acceptors (Lipinski definition) is 1. The van der Waals surface area contributed by atoms with Crippen molar-refractivity contribution in [2.45, 2.75) is 64.8 Å². The van der Waals surface area contributed by atoms with Crippen molar-refractivity contribution in [3.8, 4) is 0 Å². The molecule has 82 valence electrons. The highest BCUT2D eigenvalue weighted by Crippen LogP contribution is 2.51. The normalized spacial score (nSPS) is 32.6. The summed E-state index contributed by atoms with van der Waals surface area (Å²) in [4.78, 5) is 0. The Bertz CT molecular complexity index is 178. The summed E-state index contributed by atoms with van der Waals surface area (Å²) in [6.45, 7) is 6.07. The van der Waals surface area contributed by atoms with Gasteiger partial charge in [0.2, 0.25) is 0 Å². The Morgan fingerprint density at radius 1 is 1.07 bits per heavy atom. The van der Waals surface area contributed by atoms with E-state index in [1.807, 2.05) is 0 Å². The van der Waals surface area contributed by atoms with E-state index in [1.54, 1.807) is 0 Å². The molecule has 1 atom stereocenters. The van der Waals surface area contributed by atoms with Gasteiger partial charge in [-0.05, 0) is 37.1 Å². The molecular formula is C13H25N. The van der Waals surface area contributed by atoms with Gasteiger partial charge in [-0.3, -0.25) is 0 Å². The topological polar surface area (TPSA) is 12.0 Å². The van der Waals surface area contributed by atoms with E-state index in [0.717, 1.165) is 12.0 Å². The molecule has 1 nitrogen and oxygen atoms in total. The second-order valence-electron chi connectivity index (χ2n) is 5.99. The molecule has 0 bridgehead atoms. The van der Waals surface area contributed by atoms with Gasteiger partial charge < -0.3 is 5.32 Å². The molecular weight excluding hydrogens is 170 g/mol. The summed E-state index contributed by atoms with van der Waals surface area (Å²) in [6, 6.07) is 0.842. The zero-order chi connectivity index (χ0) is 10.0. The second kappa shape index (κ2) is 4.22. The fourth-order valence-electron chi connectivity index (χ4n) is 2.72. The van der Waals surface area contributed by atoms with Crippen molar-refractivity contribution in [1.82, 2.24) is 5.32 Å². The highest BCUT2D eigenvalue weighted by atomic mass is 14.9. The van der Waals surface area contributed by atoms with Gasteiger partial charge in [0.05, 0.1) is 0 Å². The van der Waals surface area contributed by atoms with Crippen molar-refractivity contribution in [2.24, 2.45) is 11.3 Å². The predicted octanol–water partition coefficient (Wildman–Crippen LogP) is 3.34. The van der Waals surface area contributed by atoms with Crippen LogP contribution in [0.1, 0.15) is 58.8 Å². The lowest BCUT2D eigenvalue weighted by atomic mass is 10.1. The van der Waals surface area contributed by atoms with Gasteiger partial charge in [0.15, 0.2) is 0 Å². The first-order chi connectivity index (χ1) is 6.68. The minimum atomic E-state index is 0.651. The smallest absolute Gasteiger partial charge is 0.00671 e. The molecule has 1 heteroatoms. The van der Waals surface area contributed by atoms with E-state index in [2.05, 4.69) is 19.2 Å². The molecule has 1 N–H and O–H groups in total. The maximum absolute atomic E-state index is 3.78. The Morgan fingerprint density at radius 2 is 1.64 bits per heavy atom. The maximum atomic E-state index is 3.78. The molecule has 0 aromatic carbocycles. The monoisotopic (exact) mass is 195 g/mol. The first-order valence-corrected chi connectivity index (χ1v) is 6.42. The molecule has 2 aliphatic carbocycles. The molecule has 0 saturated heterocycles. The third kappa shape index (κ3) is 2.73. The van der Waals surface area contributed by atoms with Crippen LogP contribution in [0.25, 0.3) is 0 Å². The van der Waals surface area contributed by atoms with Crippen molar-refractivity contribution >= 4 is 0 Å². The lowest BCUT2D eigenvalue weighted by Crippen LogP contribution is -2.30. The molecule has 0 spiro atoms. The first-order valence-electron chi connectivity index (χ1n) is 6.42. The van der Waals surface area contributed by atoms with Gasteiger partial charge in [-0.25, -0.2) is 0 Å². The van der Waals surface area contributed by atoms with Crippen molar-refractivity contribution in [3.63, 3.8) is 0 Å². The third-order valence-electron chi connectivity index (χ3n) is 4.23. The molecule has 14 heavy (non-hydrogen) atoms. The van der Waals surface area contributed by atoms with Crippen molar-refractivity contribution < 1.29 is 0 Å². The summed E-state index contributed by atoms with van der Waals surface area (Å²) in [7, 11) is 0. The van der Waals surface area contributed by atoms with Gasteiger partial charge in [-0.1, -0.05) is 39.5 Å². The van der Waals surface area contributed by atoms with Gasteiger partial charge in [-0.15, -0.1) is 0 Å². The summed E-state index contributed by atoms with van der Waals surface area (Å²) in [5.41, 5.74) is 0.651. The number of nitrogens with one attached hydrogen (secondary N) is 1. The average molecular weight is 195 g/mol. The van der Waals surface area contributed by atoms with E-state index in [-0.39, 0.29) is 0 Å². The lowest BCUT2D eigenvalue weighted by Gasteiger charge is -2.16. The quantitative estimate of drug-likeness (QED) is 0.681. The maximum Gasteiger partial charge on any atom is 0.00671 e. The molecule has 0 aromatic rings. The molecule has 0 radical (unpaired) electrons. The summed E-state index contributed by atoms with van der Waals surface area (Å²) >= 11 is 0. The minimum Gasteiger partial charge on any atom is -0.314 e. The average Bonchev–Trinajstić information content (AvgIpc) is 2.81. The Labute approximate surface area is 88.7 Å². The van der Waals surface area contributed by atoms with E-state index < -0.39 is 0 Å². The van der Waals surface area contributed by atoms with Gasteiger partial charge in [0.25, 0.3) is 0 Å². The summed E-state index contributed by atoms with van der Waals surface area (Å²) in [6.07, 6.45) is 10.1. The lowest BCUT2D eigenvalue weighted by molar-refractivity contribution is 0.426. The zero-order valence-electron chi connectivity index (χ0n) is 9.81. The van der Waals surface area contributed by atoms with Gasteiger partial charge in [0.1, 0.15) is 0 Å². The van der Waals surface area contributed by atoms with Crippen LogP contribution in [-0.2, 0) is 0 Å². The van der Waals surface area contributed by atoms with E-state index in [4.69, 9.17) is 0 Å². The van der Waals surface area contributed by atoms with Gasteiger partial charge in [-0.2, -0.15) is 0 Å². The van der Waals surface area contributed by atoms with Crippen LogP contribution in [0.15, 0.2) is 0 Å². The zero-order valence-corrected chi connectivity index (χ0v) is 9.81. The molecule has 0 amide bonds. The molecule has 2 aliphatic rings. The van der Waals surface area contributed by atoms with Crippen LogP contribution < -0.4 is 5.32 Å². The van der Waals surface area contributed by atoms with Crippen LogP contribution in [0, 0.1) is 11.3 Å². The van der Waals surface area contributed by atoms with E-state index in [0.29, 0.717) is 5.41 Å². The van der Waals surface area contributed by atoms with Crippen LogP contribution in [0.5, 0.6) is 0 Å². The fourth-order valence-corrected chi connectivity index (χ4v) is 2.72. The summed E-state index contributed by atoms with van der Waals surface area (Å²) < 4.78 is 0. The number of hydrogen-bond donors (Lipinski definition) is 1. The summed E-state index contributed by atoms with van der Waals surface area (Å²) in [5.74, 6) is 0.964. The molecule has 2 saturated carbocycles. The van der Waals surface area contributed by atoms with Crippen molar-refractivity contribution in [1.29, 1.82) is 0 Å². The minimum absolute atomic E-state index is 0.651. The van der Waals surface area contributed by atoms with E-state index in [1.165, 1.54) is 51.5 Å². The second-order valence-corrected chi connectivity index (χ2v) is 5.99. The van der Waals surface area contributed by atoms with Crippen LogP contribution in [-0.4, -0.2) is 12.6 Å². The van der Waals surface area contributed by atoms with Crippen LogP contribution in [0.4, 0.5) is 0 Å². The van der Waals surface area contributed by atoms with Crippen LogP contribution >= 0.6 is 0 Å². The van der Waals surface area contributed by atoms with Crippen LogP contribution in [0.2, 0.25) is 0 Å². The van der Waals surface area contributed by atoms with Gasteiger partial charge >= 0.3 is 0 Å². The van der Waals surface area contributed by atoms with Crippen molar-refractivity contribution in [3.05, 3.63) is 0 Å². The third-order valence-corrected chi connectivity index (χ3v) is 4.23. The largest absolute Gasteiger partial charge is 0.314 e. The summed E-state index contributed by atoms with van der Waals surface area (Å²) in [5, 5.41) is 3.78. The molecule has 1 unspecified atom stereocenters. The number of rotatable bonds is 3. The molecule has 2 rings (SSSR count). The van der Waals surface area contributed by atoms with E-state index in [9.17, 15) is 0 Å². The van der Waals surface area contributed by atoms with Gasteiger partial charge in [0, 0.05) is 6.04 Å². The Kier molecular flexibility index (Phi) is 3.16. The van der Waals surface area contributed by atoms with Crippen LogP contribution in [0.3, 0.4) is 0 Å². The Morgan fingerprint density at radius 3 is 2.14 bits per heavy atom. The Balaban J connectivity index is 1.65. The standard InChI is InChI=1S/C13H25N/c1-13(2)9-11(13)10-14-12-7-5-3-4-6-8-12/h11-12,14H,3-10H2,1-2H3. The fraction of sp³-hybridized carbons (Fsp3) is 1.00. The highest BCUT2D eigenvalue weighted by Gasteiger charge is 2.44. The van der Waals surface area contributed by atoms with Crippen molar-refractivity contribution in [2.75, 3.05) is 6.54 Å². The highest BCUT2D eigenvalue weighted by molar-refractivity contribution is 4.96. The first kappa shape index (κ1) is 10.5. The Hall–Kier alpha value is -0.0400. The van der Waals surface area contributed by atoms with E-state index >= 15 is 0 Å². The molecule has 2 fully saturated rings. The SMILES string of the molecule is CC1(C)CC1CNC1CCCCCC1. The predicted molar refractivity (Wildman–Crippen MR) is 61.4 cm³/mol. The molecule has 0 aromatic heterocycles. The molecule has 0 heterocycles. The molecule has 0 aliphatic heterocycles.